The molecule has 0 aliphatic carbocycles. The van der Waals surface area contributed by atoms with E-state index in [1.807, 2.05) is 6.07 Å². The molecule has 4 heteroatoms. The Kier molecular flexibility index (Phi) is 5.45. The van der Waals surface area contributed by atoms with Crippen LogP contribution in [0.5, 0.6) is 0 Å². The summed E-state index contributed by atoms with van der Waals surface area (Å²) >= 11 is 8.01. The standard InChI is InChI=1S/C13H23ClN2S/c1-6-8-15-12(13(2,3)16(4)5)11-10(14)7-9-17-11/h7,9,12,15H,6,8H2,1-5H3. The van der Waals surface area contributed by atoms with E-state index in [9.17, 15) is 0 Å². The molecule has 0 spiro atoms. The molecule has 0 bridgehead atoms. The van der Waals surface area contributed by atoms with Crippen LogP contribution in [-0.4, -0.2) is 31.1 Å². The topological polar surface area (TPSA) is 15.3 Å². The lowest BCUT2D eigenvalue weighted by Gasteiger charge is -2.40. The van der Waals surface area contributed by atoms with Crippen LogP contribution in [0.3, 0.4) is 0 Å². The zero-order valence-electron chi connectivity index (χ0n) is 11.4. The largest absolute Gasteiger partial charge is 0.308 e. The van der Waals surface area contributed by atoms with E-state index < -0.39 is 0 Å². The number of thiophene rings is 1. The van der Waals surface area contributed by atoms with Crippen molar-refractivity contribution in [2.45, 2.75) is 38.8 Å². The maximum atomic E-state index is 6.28. The van der Waals surface area contributed by atoms with Gasteiger partial charge in [-0.25, -0.2) is 0 Å². The Morgan fingerprint density at radius 1 is 1.47 bits per heavy atom. The molecule has 0 amide bonds. The predicted molar refractivity (Wildman–Crippen MR) is 78.1 cm³/mol. The predicted octanol–water partition coefficient (Wildman–Crippen LogP) is 3.78. The molecule has 0 aliphatic rings. The highest BCUT2D eigenvalue weighted by Gasteiger charge is 2.34. The van der Waals surface area contributed by atoms with Crippen LogP contribution >= 0.6 is 22.9 Å². The molecule has 0 aliphatic heterocycles. The summed E-state index contributed by atoms with van der Waals surface area (Å²) in [5.74, 6) is 0. The number of rotatable bonds is 6. The fourth-order valence-corrected chi connectivity index (χ4v) is 3.14. The molecule has 0 saturated carbocycles. The van der Waals surface area contributed by atoms with E-state index in [-0.39, 0.29) is 11.6 Å². The van der Waals surface area contributed by atoms with Gasteiger partial charge in [-0.3, -0.25) is 0 Å². The lowest BCUT2D eigenvalue weighted by Crippen LogP contribution is -2.49. The van der Waals surface area contributed by atoms with Crippen LogP contribution in [0.25, 0.3) is 0 Å². The monoisotopic (exact) mass is 274 g/mol. The minimum atomic E-state index is 0.0314. The van der Waals surface area contributed by atoms with E-state index in [0.717, 1.165) is 18.0 Å². The summed E-state index contributed by atoms with van der Waals surface area (Å²) < 4.78 is 0. The van der Waals surface area contributed by atoms with Gasteiger partial charge in [0.15, 0.2) is 0 Å². The first kappa shape index (κ1) is 15.0. The van der Waals surface area contributed by atoms with Crippen molar-refractivity contribution >= 4 is 22.9 Å². The number of nitrogens with zero attached hydrogens (tertiary/aromatic N) is 1. The Morgan fingerprint density at radius 2 is 2.12 bits per heavy atom. The molecule has 1 rings (SSSR count). The normalized spacial score (nSPS) is 14.3. The zero-order chi connectivity index (χ0) is 13.1. The quantitative estimate of drug-likeness (QED) is 0.849. The van der Waals surface area contributed by atoms with Crippen molar-refractivity contribution in [3.63, 3.8) is 0 Å². The fraction of sp³-hybridized carbons (Fsp3) is 0.692. The Hall–Kier alpha value is -0.0900. The van der Waals surface area contributed by atoms with Crippen LogP contribution in [-0.2, 0) is 0 Å². The van der Waals surface area contributed by atoms with Crippen LogP contribution < -0.4 is 5.32 Å². The van der Waals surface area contributed by atoms with Crippen molar-refractivity contribution in [1.29, 1.82) is 0 Å². The second-order valence-electron chi connectivity index (χ2n) is 5.07. The molecule has 1 aromatic rings. The van der Waals surface area contributed by atoms with Crippen molar-refractivity contribution in [1.82, 2.24) is 10.2 Å². The summed E-state index contributed by atoms with van der Waals surface area (Å²) in [6.07, 6.45) is 1.13. The van der Waals surface area contributed by atoms with Crippen LogP contribution in [0.4, 0.5) is 0 Å². The molecule has 17 heavy (non-hydrogen) atoms. The third-order valence-electron chi connectivity index (χ3n) is 3.36. The van der Waals surface area contributed by atoms with Gasteiger partial charge in [-0.05, 0) is 52.4 Å². The molecule has 1 N–H and O–H groups in total. The summed E-state index contributed by atoms with van der Waals surface area (Å²) in [7, 11) is 4.23. The van der Waals surface area contributed by atoms with E-state index >= 15 is 0 Å². The maximum Gasteiger partial charge on any atom is 0.0611 e. The molecule has 1 aromatic heterocycles. The van der Waals surface area contributed by atoms with Crippen molar-refractivity contribution in [3.8, 4) is 0 Å². The highest BCUT2D eigenvalue weighted by Crippen LogP contribution is 2.37. The molecule has 0 radical (unpaired) electrons. The van der Waals surface area contributed by atoms with Crippen LogP contribution in [0.2, 0.25) is 5.02 Å². The molecule has 0 saturated heterocycles. The Balaban J connectivity index is 3.00. The van der Waals surface area contributed by atoms with Crippen molar-refractivity contribution < 1.29 is 0 Å². The van der Waals surface area contributed by atoms with Crippen LogP contribution in [0.15, 0.2) is 11.4 Å². The van der Waals surface area contributed by atoms with E-state index in [2.05, 4.69) is 50.5 Å². The summed E-state index contributed by atoms with van der Waals surface area (Å²) in [5.41, 5.74) is 0.0314. The Morgan fingerprint density at radius 3 is 2.53 bits per heavy atom. The molecule has 1 heterocycles. The van der Waals surface area contributed by atoms with Gasteiger partial charge < -0.3 is 10.2 Å². The van der Waals surface area contributed by atoms with Gasteiger partial charge >= 0.3 is 0 Å². The van der Waals surface area contributed by atoms with Gasteiger partial charge in [-0.2, -0.15) is 0 Å². The molecule has 0 aromatic carbocycles. The summed E-state index contributed by atoms with van der Waals surface area (Å²) in [4.78, 5) is 3.48. The lowest BCUT2D eigenvalue weighted by atomic mass is 9.91. The fourth-order valence-electron chi connectivity index (χ4n) is 1.72. The third-order valence-corrected chi connectivity index (χ3v) is 4.79. The van der Waals surface area contributed by atoms with Gasteiger partial charge in [0.05, 0.1) is 11.1 Å². The number of hydrogen-bond donors (Lipinski definition) is 1. The van der Waals surface area contributed by atoms with Crippen LogP contribution in [0.1, 0.15) is 38.1 Å². The van der Waals surface area contributed by atoms with E-state index in [4.69, 9.17) is 11.6 Å². The molecular formula is C13H23ClN2S. The van der Waals surface area contributed by atoms with Gasteiger partial charge in [0, 0.05) is 10.4 Å². The minimum absolute atomic E-state index is 0.0314. The SMILES string of the molecule is CCCNC(c1sccc1Cl)C(C)(C)N(C)C. The minimum Gasteiger partial charge on any atom is -0.308 e. The number of hydrogen-bond acceptors (Lipinski definition) is 3. The summed E-state index contributed by atoms with van der Waals surface area (Å²) in [5, 5.41) is 6.55. The number of nitrogens with one attached hydrogen (secondary N) is 1. The van der Waals surface area contributed by atoms with E-state index in [0.29, 0.717) is 0 Å². The van der Waals surface area contributed by atoms with Gasteiger partial charge in [0.1, 0.15) is 0 Å². The first-order valence-corrected chi connectivity index (χ1v) is 7.30. The second-order valence-corrected chi connectivity index (χ2v) is 6.42. The average Bonchev–Trinajstić information content (AvgIpc) is 2.65. The first-order chi connectivity index (χ1) is 7.91. The Bertz CT molecular complexity index is 347. The number of likely N-dealkylation sites (N-methyl/N-ethyl adjacent to an activating group) is 1. The molecule has 98 valence electrons. The first-order valence-electron chi connectivity index (χ1n) is 6.05. The maximum absolute atomic E-state index is 6.28. The second kappa shape index (κ2) is 6.19. The molecular weight excluding hydrogens is 252 g/mol. The van der Waals surface area contributed by atoms with E-state index in [1.54, 1.807) is 11.3 Å². The third kappa shape index (κ3) is 3.44. The average molecular weight is 275 g/mol. The summed E-state index contributed by atoms with van der Waals surface area (Å²) in [6, 6.07) is 2.25. The van der Waals surface area contributed by atoms with Gasteiger partial charge in [-0.15, -0.1) is 11.3 Å². The highest BCUT2D eigenvalue weighted by atomic mass is 35.5. The van der Waals surface area contributed by atoms with Crippen molar-refractivity contribution in [2.75, 3.05) is 20.6 Å². The molecule has 1 atom stereocenters. The van der Waals surface area contributed by atoms with Crippen molar-refractivity contribution in [3.05, 3.63) is 21.3 Å². The van der Waals surface area contributed by atoms with Crippen LogP contribution in [0, 0.1) is 0 Å². The van der Waals surface area contributed by atoms with E-state index in [1.165, 1.54) is 4.88 Å². The molecule has 1 unspecified atom stereocenters. The highest BCUT2D eigenvalue weighted by molar-refractivity contribution is 7.10. The Labute approximate surface area is 114 Å². The molecule has 2 nitrogen and oxygen atoms in total. The van der Waals surface area contributed by atoms with Crippen molar-refractivity contribution in [2.24, 2.45) is 0 Å². The van der Waals surface area contributed by atoms with Gasteiger partial charge in [0.2, 0.25) is 0 Å². The summed E-state index contributed by atoms with van der Waals surface area (Å²) in [6.45, 7) is 7.69. The van der Waals surface area contributed by atoms with Gasteiger partial charge in [0.25, 0.3) is 0 Å². The number of halogens is 1. The lowest BCUT2D eigenvalue weighted by molar-refractivity contribution is 0.140. The zero-order valence-corrected chi connectivity index (χ0v) is 13.0. The smallest absolute Gasteiger partial charge is 0.0611 e. The van der Waals surface area contributed by atoms with Gasteiger partial charge in [-0.1, -0.05) is 18.5 Å². The molecule has 0 fully saturated rings.